The highest BCUT2D eigenvalue weighted by molar-refractivity contribution is 5.64. The Kier molecular flexibility index (Phi) is 4.79. The van der Waals surface area contributed by atoms with Crippen LogP contribution in [0.2, 0.25) is 0 Å². The molecular formula is C10H15N9O2. The normalized spacial score (nSPS) is 10.1. The summed E-state index contributed by atoms with van der Waals surface area (Å²) in [6.07, 6.45) is 2.03. The quantitative estimate of drug-likeness (QED) is 0.569. The van der Waals surface area contributed by atoms with Gasteiger partial charge >= 0.3 is 6.09 Å². The van der Waals surface area contributed by atoms with Gasteiger partial charge in [0.05, 0.1) is 6.54 Å². The predicted molar refractivity (Wildman–Crippen MR) is 72.9 cm³/mol. The van der Waals surface area contributed by atoms with E-state index in [0.29, 0.717) is 30.9 Å². The summed E-state index contributed by atoms with van der Waals surface area (Å²) >= 11 is 0. The van der Waals surface area contributed by atoms with Crippen LogP contribution >= 0.6 is 0 Å². The van der Waals surface area contributed by atoms with Gasteiger partial charge in [0.25, 0.3) is 5.95 Å². The van der Waals surface area contributed by atoms with Crippen LogP contribution in [0.1, 0.15) is 6.92 Å². The summed E-state index contributed by atoms with van der Waals surface area (Å²) in [7, 11) is 0. The molecule has 0 aromatic carbocycles. The highest BCUT2D eigenvalue weighted by Crippen LogP contribution is 2.07. The number of hydrogen-bond acceptors (Lipinski definition) is 9. The third-order valence-corrected chi connectivity index (χ3v) is 2.21. The summed E-state index contributed by atoms with van der Waals surface area (Å²) in [5.41, 5.74) is 4.87. The van der Waals surface area contributed by atoms with Crippen LogP contribution in [0.3, 0.4) is 0 Å². The Morgan fingerprint density at radius 2 is 2.10 bits per heavy atom. The van der Waals surface area contributed by atoms with Crippen molar-refractivity contribution in [1.82, 2.24) is 29.7 Å². The van der Waals surface area contributed by atoms with Gasteiger partial charge in [-0.25, -0.2) is 9.78 Å². The molecule has 2 rings (SSSR count). The van der Waals surface area contributed by atoms with Crippen LogP contribution in [0.4, 0.5) is 16.7 Å². The molecule has 0 radical (unpaired) electrons. The summed E-state index contributed by atoms with van der Waals surface area (Å²) in [4.78, 5) is 26.9. The van der Waals surface area contributed by atoms with E-state index in [1.54, 1.807) is 0 Å². The fourth-order valence-corrected chi connectivity index (χ4v) is 1.41. The van der Waals surface area contributed by atoms with Crippen molar-refractivity contribution in [1.29, 1.82) is 0 Å². The molecule has 0 unspecified atom stereocenters. The third-order valence-electron chi connectivity index (χ3n) is 2.21. The van der Waals surface area contributed by atoms with Gasteiger partial charge in [0.15, 0.2) is 0 Å². The molecule has 0 saturated carbocycles. The minimum atomic E-state index is -0.830. The van der Waals surface area contributed by atoms with Crippen molar-refractivity contribution in [2.24, 2.45) is 5.73 Å². The fourth-order valence-electron chi connectivity index (χ4n) is 1.41. The molecule has 0 aliphatic rings. The van der Waals surface area contributed by atoms with Crippen LogP contribution in [0.25, 0.3) is 5.95 Å². The largest absolute Gasteiger partial charge is 0.448 e. The molecule has 2 heterocycles. The molecular weight excluding hydrogens is 278 g/mol. The number of primary amides is 1. The van der Waals surface area contributed by atoms with Gasteiger partial charge in [-0.2, -0.15) is 24.7 Å². The van der Waals surface area contributed by atoms with Gasteiger partial charge in [0, 0.05) is 6.54 Å². The van der Waals surface area contributed by atoms with Gasteiger partial charge in [0.1, 0.15) is 19.3 Å². The number of carbonyl (C=O) groups is 1. The second kappa shape index (κ2) is 6.98. The fraction of sp³-hybridized carbons (Fsp3) is 0.400. The van der Waals surface area contributed by atoms with Crippen molar-refractivity contribution >= 4 is 18.0 Å². The summed E-state index contributed by atoms with van der Waals surface area (Å²) in [5, 5.41) is 9.85. The molecule has 0 aliphatic carbocycles. The molecule has 2 aromatic heterocycles. The topological polar surface area (TPSA) is 146 Å². The average molecular weight is 293 g/mol. The van der Waals surface area contributed by atoms with Crippen LogP contribution in [0, 0.1) is 0 Å². The molecule has 11 nitrogen and oxygen atoms in total. The lowest BCUT2D eigenvalue weighted by molar-refractivity contribution is 0.161. The lowest BCUT2D eigenvalue weighted by Gasteiger charge is -2.09. The van der Waals surface area contributed by atoms with Crippen molar-refractivity contribution in [3.63, 3.8) is 0 Å². The Morgan fingerprint density at radius 3 is 2.71 bits per heavy atom. The van der Waals surface area contributed by atoms with Gasteiger partial charge in [0.2, 0.25) is 11.9 Å². The van der Waals surface area contributed by atoms with Crippen molar-refractivity contribution in [2.75, 3.05) is 30.3 Å². The number of aromatic nitrogens is 6. The molecule has 0 spiro atoms. The number of anilines is 2. The first-order chi connectivity index (χ1) is 10.2. The standard InChI is InChI=1S/C10H15N9O2/c1-2-13-8-16-9(14-3-4-21-7(11)20)18-10(17-8)19-6-12-5-15-19/h5-6H,2-4H2,1H3,(H2,11,20)(H2,13,14,16,17,18). The van der Waals surface area contributed by atoms with Crippen LogP contribution in [-0.2, 0) is 4.74 Å². The molecule has 0 saturated heterocycles. The zero-order chi connectivity index (χ0) is 15.1. The number of amides is 1. The minimum absolute atomic E-state index is 0.107. The number of nitrogens with two attached hydrogens (primary N) is 1. The van der Waals surface area contributed by atoms with E-state index < -0.39 is 6.09 Å². The molecule has 0 aliphatic heterocycles. The van der Waals surface area contributed by atoms with Gasteiger partial charge in [-0.1, -0.05) is 0 Å². The second-order valence-corrected chi connectivity index (χ2v) is 3.75. The van der Waals surface area contributed by atoms with Crippen molar-refractivity contribution < 1.29 is 9.53 Å². The van der Waals surface area contributed by atoms with E-state index in [1.807, 2.05) is 6.92 Å². The summed E-state index contributed by atoms with van der Waals surface area (Å²) < 4.78 is 6.02. The lowest BCUT2D eigenvalue weighted by atomic mass is 10.6. The minimum Gasteiger partial charge on any atom is -0.448 e. The molecule has 0 fully saturated rings. The number of carbonyl (C=O) groups excluding carboxylic acids is 1. The van der Waals surface area contributed by atoms with Gasteiger partial charge in [-0.15, -0.1) is 0 Å². The summed E-state index contributed by atoms with van der Waals surface area (Å²) in [6, 6.07) is 0. The molecule has 0 bridgehead atoms. The Morgan fingerprint density at radius 1 is 1.33 bits per heavy atom. The summed E-state index contributed by atoms with van der Waals surface area (Å²) in [6.45, 7) is 3.00. The van der Waals surface area contributed by atoms with Crippen molar-refractivity contribution in [3.05, 3.63) is 12.7 Å². The Hall–Kier alpha value is -2.98. The van der Waals surface area contributed by atoms with Crippen molar-refractivity contribution in [3.8, 4) is 5.95 Å². The second-order valence-electron chi connectivity index (χ2n) is 3.75. The maximum atomic E-state index is 10.5. The highest BCUT2D eigenvalue weighted by atomic mass is 16.5. The van der Waals surface area contributed by atoms with E-state index >= 15 is 0 Å². The molecule has 11 heteroatoms. The number of ether oxygens (including phenoxy) is 1. The number of nitrogens with zero attached hydrogens (tertiary/aromatic N) is 6. The third kappa shape index (κ3) is 4.26. The first-order valence-corrected chi connectivity index (χ1v) is 6.20. The van der Waals surface area contributed by atoms with Crippen molar-refractivity contribution in [2.45, 2.75) is 6.92 Å². The van der Waals surface area contributed by atoms with Crippen LogP contribution in [-0.4, -0.2) is 55.5 Å². The predicted octanol–water partition coefficient (Wildman–Crippen LogP) is -0.609. The van der Waals surface area contributed by atoms with E-state index in [-0.39, 0.29) is 6.61 Å². The zero-order valence-corrected chi connectivity index (χ0v) is 11.4. The molecule has 1 amide bonds. The molecule has 21 heavy (non-hydrogen) atoms. The van der Waals surface area contributed by atoms with Crippen LogP contribution < -0.4 is 16.4 Å². The smallest absolute Gasteiger partial charge is 0.404 e. The van der Waals surface area contributed by atoms with E-state index in [0.717, 1.165) is 0 Å². The molecule has 112 valence electrons. The maximum Gasteiger partial charge on any atom is 0.404 e. The number of hydrogen-bond donors (Lipinski definition) is 3. The van der Waals surface area contributed by atoms with Gasteiger partial charge in [-0.05, 0) is 6.92 Å². The maximum absolute atomic E-state index is 10.5. The molecule has 2 aromatic rings. The molecule has 4 N–H and O–H groups in total. The summed E-state index contributed by atoms with van der Waals surface area (Å²) in [5.74, 6) is 1.03. The highest BCUT2D eigenvalue weighted by Gasteiger charge is 2.08. The van der Waals surface area contributed by atoms with E-state index in [9.17, 15) is 4.79 Å². The van der Waals surface area contributed by atoms with Gasteiger partial charge in [-0.3, -0.25) is 0 Å². The average Bonchev–Trinajstić information content (AvgIpc) is 2.98. The Bertz CT molecular complexity index is 586. The first-order valence-electron chi connectivity index (χ1n) is 6.20. The first kappa shape index (κ1) is 14.4. The Labute approximate surface area is 120 Å². The Balaban J connectivity index is 2.10. The van der Waals surface area contributed by atoms with E-state index in [1.165, 1.54) is 17.3 Å². The molecule has 0 atom stereocenters. The monoisotopic (exact) mass is 293 g/mol. The lowest BCUT2D eigenvalue weighted by Crippen LogP contribution is -2.20. The van der Waals surface area contributed by atoms with Crippen LogP contribution in [0.5, 0.6) is 0 Å². The number of rotatable bonds is 7. The SMILES string of the molecule is CCNc1nc(NCCOC(N)=O)nc(-n2cncn2)n1. The van der Waals surface area contributed by atoms with E-state index in [2.05, 4.69) is 40.4 Å². The van der Waals surface area contributed by atoms with Gasteiger partial charge < -0.3 is 21.1 Å². The number of nitrogens with one attached hydrogen (secondary N) is 2. The zero-order valence-electron chi connectivity index (χ0n) is 11.4. The van der Waals surface area contributed by atoms with E-state index in [4.69, 9.17) is 5.73 Å². The van der Waals surface area contributed by atoms with Crippen LogP contribution in [0.15, 0.2) is 12.7 Å².